The highest BCUT2D eigenvalue weighted by Gasteiger charge is 2.22. The smallest absolute Gasteiger partial charge is 0.265 e. The molecule has 0 aliphatic heterocycles. The van der Waals surface area contributed by atoms with Crippen molar-refractivity contribution in [1.29, 1.82) is 0 Å². The minimum Gasteiger partial charge on any atom is -0.495 e. The van der Waals surface area contributed by atoms with Gasteiger partial charge in [0.05, 0.1) is 18.4 Å². The molecule has 2 aromatic rings. The second-order valence-electron chi connectivity index (χ2n) is 5.58. The van der Waals surface area contributed by atoms with E-state index >= 15 is 0 Å². The number of nitrogens with two attached hydrogens (primary N) is 1. The van der Waals surface area contributed by atoms with E-state index in [0.717, 1.165) is 5.56 Å². The first kappa shape index (κ1) is 17.8. The van der Waals surface area contributed by atoms with Gasteiger partial charge in [-0.2, -0.15) is 0 Å². The van der Waals surface area contributed by atoms with Gasteiger partial charge >= 0.3 is 0 Å². The highest BCUT2D eigenvalue weighted by Crippen LogP contribution is 2.30. The molecule has 0 atom stereocenters. The molecule has 3 N–H and O–H groups in total. The summed E-state index contributed by atoms with van der Waals surface area (Å²) in [6.07, 6.45) is 0. The molecule has 6 nitrogen and oxygen atoms in total. The normalized spacial score (nSPS) is 11.3. The summed E-state index contributed by atoms with van der Waals surface area (Å²) >= 11 is 0. The largest absolute Gasteiger partial charge is 0.495 e. The Kier molecular flexibility index (Phi) is 5.14. The van der Waals surface area contributed by atoms with Crippen molar-refractivity contribution in [2.45, 2.75) is 24.7 Å². The molecule has 0 aliphatic carbocycles. The fraction of sp³-hybridized carbons (Fsp3) is 0.235. The Labute approximate surface area is 141 Å². The summed E-state index contributed by atoms with van der Waals surface area (Å²) in [6.45, 7) is 4.01. The molecule has 0 spiro atoms. The van der Waals surface area contributed by atoms with Crippen LogP contribution < -0.4 is 15.2 Å². The number of ether oxygens (including phenoxy) is 1. The molecule has 24 heavy (non-hydrogen) atoms. The highest BCUT2D eigenvalue weighted by atomic mass is 32.2. The molecular weight excluding hydrogens is 328 g/mol. The van der Waals surface area contributed by atoms with E-state index in [1.54, 1.807) is 24.3 Å². The lowest BCUT2D eigenvalue weighted by Gasteiger charge is -2.15. The fourth-order valence-corrected chi connectivity index (χ4v) is 3.48. The SMILES string of the molecule is COc1cc(C(C)C)ccc1S(=O)(=O)Nc1ccccc1C(N)=O. The molecule has 7 heteroatoms. The Balaban J connectivity index is 2.47. The summed E-state index contributed by atoms with van der Waals surface area (Å²) in [6, 6.07) is 11.1. The van der Waals surface area contributed by atoms with Crippen molar-refractivity contribution in [3.8, 4) is 5.75 Å². The molecule has 0 bridgehead atoms. The Morgan fingerprint density at radius 2 is 1.83 bits per heavy atom. The lowest BCUT2D eigenvalue weighted by atomic mass is 10.0. The van der Waals surface area contributed by atoms with Gasteiger partial charge in [0.1, 0.15) is 10.6 Å². The molecule has 0 aromatic heterocycles. The monoisotopic (exact) mass is 348 g/mol. The quantitative estimate of drug-likeness (QED) is 0.838. The number of para-hydroxylation sites is 1. The number of rotatable bonds is 6. The Bertz CT molecular complexity index is 861. The van der Waals surface area contributed by atoms with Gasteiger partial charge in [0.25, 0.3) is 15.9 Å². The number of primary amides is 1. The summed E-state index contributed by atoms with van der Waals surface area (Å²) in [7, 11) is -2.52. The van der Waals surface area contributed by atoms with Crippen LogP contribution in [0.2, 0.25) is 0 Å². The predicted octanol–water partition coefficient (Wildman–Crippen LogP) is 2.72. The van der Waals surface area contributed by atoms with Gasteiger partial charge in [-0.3, -0.25) is 9.52 Å². The van der Waals surface area contributed by atoms with Gasteiger partial charge in [0, 0.05) is 0 Å². The predicted molar refractivity (Wildman–Crippen MR) is 92.9 cm³/mol. The van der Waals surface area contributed by atoms with Crippen LogP contribution in [0.25, 0.3) is 0 Å². The molecule has 0 radical (unpaired) electrons. The van der Waals surface area contributed by atoms with Crippen molar-refractivity contribution < 1.29 is 17.9 Å². The van der Waals surface area contributed by atoms with E-state index in [2.05, 4.69) is 4.72 Å². The van der Waals surface area contributed by atoms with Crippen LogP contribution in [0.3, 0.4) is 0 Å². The van der Waals surface area contributed by atoms with Crippen molar-refractivity contribution in [2.24, 2.45) is 5.73 Å². The van der Waals surface area contributed by atoms with Crippen LogP contribution in [0.1, 0.15) is 35.7 Å². The van der Waals surface area contributed by atoms with Crippen molar-refractivity contribution >= 4 is 21.6 Å². The number of benzene rings is 2. The Morgan fingerprint density at radius 1 is 1.17 bits per heavy atom. The zero-order chi connectivity index (χ0) is 17.9. The third-order valence-corrected chi connectivity index (χ3v) is 4.99. The van der Waals surface area contributed by atoms with Gasteiger partial charge in [-0.1, -0.05) is 32.0 Å². The minimum absolute atomic E-state index is 0.00586. The summed E-state index contributed by atoms with van der Waals surface area (Å²) in [5.74, 6) is -0.236. The molecule has 0 saturated carbocycles. The number of anilines is 1. The first-order valence-corrected chi connectivity index (χ1v) is 8.84. The van der Waals surface area contributed by atoms with E-state index in [4.69, 9.17) is 10.5 Å². The number of amides is 1. The maximum atomic E-state index is 12.7. The molecule has 2 rings (SSSR count). The average Bonchev–Trinajstić information content (AvgIpc) is 2.54. The van der Waals surface area contributed by atoms with E-state index in [1.165, 1.54) is 25.3 Å². The number of nitrogens with one attached hydrogen (secondary N) is 1. The average molecular weight is 348 g/mol. The summed E-state index contributed by atoms with van der Waals surface area (Å²) in [5, 5.41) is 0. The third-order valence-electron chi connectivity index (χ3n) is 3.58. The molecule has 1 amide bonds. The van der Waals surface area contributed by atoms with Crippen molar-refractivity contribution in [1.82, 2.24) is 0 Å². The summed E-state index contributed by atoms with van der Waals surface area (Å²) < 4.78 is 33.0. The van der Waals surface area contributed by atoms with E-state index in [9.17, 15) is 13.2 Å². The van der Waals surface area contributed by atoms with E-state index < -0.39 is 15.9 Å². The molecule has 0 aliphatic rings. The minimum atomic E-state index is -3.94. The molecule has 0 heterocycles. The Hall–Kier alpha value is -2.54. The number of hydrogen-bond acceptors (Lipinski definition) is 4. The van der Waals surface area contributed by atoms with Crippen molar-refractivity contribution in [2.75, 3.05) is 11.8 Å². The van der Waals surface area contributed by atoms with Gasteiger partial charge in [0.2, 0.25) is 0 Å². The zero-order valence-corrected chi connectivity index (χ0v) is 14.6. The summed E-state index contributed by atoms with van der Waals surface area (Å²) in [4.78, 5) is 11.4. The Morgan fingerprint density at radius 3 is 2.42 bits per heavy atom. The lowest BCUT2D eigenvalue weighted by Crippen LogP contribution is -2.19. The molecule has 128 valence electrons. The first-order chi connectivity index (χ1) is 11.3. The van der Waals surface area contributed by atoms with Gasteiger partial charge in [-0.05, 0) is 35.7 Å². The topological polar surface area (TPSA) is 98.5 Å². The first-order valence-electron chi connectivity index (χ1n) is 7.36. The molecule has 0 saturated heterocycles. The van der Waals surface area contributed by atoms with Gasteiger partial charge in [-0.15, -0.1) is 0 Å². The number of methoxy groups -OCH3 is 1. The molecular formula is C17H20N2O4S. The van der Waals surface area contributed by atoms with Crippen LogP contribution in [-0.2, 0) is 10.0 Å². The van der Waals surface area contributed by atoms with Gasteiger partial charge in [0.15, 0.2) is 0 Å². The zero-order valence-electron chi connectivity index (χ0n) is 13.7. The molecule has 2 aromatic carbocycles. The second kappa shape index (κ2) is 6.92. The highest BCUT2D eigenvalue weighted by molar-refractivity contribution is 7.92. The molecule has 0 unspecified atom stereocenters. The maximum absolute atomic E-state index is 12.7. The van der Waals surface area contributed by atoms with Crippen LogP contribution in [0, 0.1) is 0 Å². The van der Waals surface area contributed by atoms with E-state index in [0.29, 0.717) is 0 Å². The third kappa shape index (κ3) is 3.68. The summed E-state index contributed by atoms with van der Waals surface area (Å²) in [5.41, 5.74) is 6.47. The molecule has 0 fully saturated rings. The van der Waals surface area contributed by atoms with Gasteiger partial charge < -0.3 is 10.5 Å². The number of carbonyl (C=O) groups excluding carboxylic acids is 1. The number of sulfonamides is 1. The van der Waals surface area contributed by atoms with Crippen molar-refractivity contribution in [3.05, 3.63) is 53.6 Å². The van der Waals surface area contributed by atoms with Crippen LogP contribution in [0.5, 0.6) is 5.75 Å². The van der Waals surface area contributed by atoms with E-state index in [1.807, 2.05) is 13.8 Å². The van der Waals surface area contributed by atoms with Crippen LogP contribution >= 0.6 is 0 Å². The van der Waals surface area contributed by atoms with E-state index in [-0.39, 0.29) is 27.8 Å². The number of hydrogen-bond donors (Lipinski definition) is 2. The standard InChI is InChI=1S/C17H20N2O4S/c1-11(2)12-8-9-16(15(10-12)23-3)24(21,22)19-14-7-5-4-6-13(14)17(18)20/h4-11,19H,1-3H3,(H2,18,20). The fourth-order valence-electron chi connectivity index (χ4n) is 2.25. The van der Waals surface area contributed by atoms with Crippen LogP contribution in [0.15, 0.2) is 47.4 Å². The van der Waals surface area contributed by atoms with Crippen LogP contribution in [-0.4, -0.2) is 21.4 Å². The maximum Gasteiger partial charge on any atom is 0.265 e. The number of carbonyl (C=O) groups is 1. The lowest BCUT2D eigenvalue weighted by molar-refractivity contribution is 0.100. The van der Waals surface area contributed by atoms with Gasteiger partial charge in [-0.25, -0.2) is 8.42 Å². The second-order valence-corrected chi connectivity index (χ2v) is 7.23. The van der Waals surface area contributed by atoms with Crippen molar-refractivity contribution in [3.63, 3.8) is 0 Å². The van der Waals surface area contributed by atoms with Crippen LogP contribution in [0.4, 0.5) is 5.69 Å².